The molecule has 1 atom stereocenters. The smallest absolute Gasteiger partial charge is 0.262 e. The normalized spacial score (nSPS) is 13.3. The van der Waals surface area contributed by atoms with Gasteiger partial charge in [0, 0.05) is 25.0 Å². The summed E-state index contributed by atoms with van der Waals surface area (Å²) in [5.41, 5.74) is 2.34. The SMILES string of the molecule is Cc1cc(C(C)O)c2c(c1)c(=O)n(C)c1nccn21. The van der Waals surface area contributed by atoms with Crippen molar-refractivity contribution < 1.29 is 5.11 Å². The molecule has 5 nitrogen and oxygen atoms in total. The first-order chi connectivity index (χ1) is 9.00. The standard InChI is InChI=1S/C14H15N3O2/c1-8-6-10(9(2)18)12-11(7-8)13(19)16(3)14-15-4-5-17(12)14/h4-7,9,18H,1-3H3. The van der Waals surface area contributed by atoms with Crippen molar-refractivity contribution in [3.8, 4) is 0 Å². The number of hydrogen-bond donors (Lipinski definition) is 1. The summed E-state index contributed by atoms with van der Waals surface area (Å²) in [6, 6.07) is 3.76. The van der Waals surface area contributed by atoms with Crippen LogP contribution < -0.4 is 5.56 Å². The number of aryl methyl sites for hydroxylation is 2. The van der Waals surface area contributed by atoms with Gasteiger partial charge >= 0.3 is 0 Å². The van der Waals surface area contributed by atoms with Crippen LogP contribution in [-0.2, 0) is 7.05 Å². The molecule has 0 spiro atoms. The Labute approximate surface area is 109 Å². The first-order valence-corrected chi connectivity index (χ1v) is 6.15. The molecular formula is C14H15N3O2. The highest BCUT2D eigenvalue weighted by atomic mass is 16.3. The van der Waals surface area contributed by atoms with E-state index in [1.165, 1.54) is 4.57 Å². The van der Waals surface area contributed by atoms with Gasteiger partial charge in [-0.1, -0.05) is 6.07 Å². The van der Waals surface area contributed by atoms with Gasteiger partial charge in [-0.25, -0.2) is 4.98 Å². The van der Waals surface area contributed by atoms with Crippen molar-refractivity contribution in [3.05, 3.63) is 46.0 Å². The number of rotatable bonds is 1. The lowest BCUT2D eigenvalue weighted by atomic mass is 10.0. The van der Waals surface area contributed by atoms with Crippen molar-refractivity contribution in [1.82, 2.24) is 14.0 Å². The van der Waals surface area contributed by atoms with E-state index in [0.717, 1.165) is 16.6 Å². The van der Waals surface area contributed by atoms with Gasteiger partial charge < -0.3 is 5.11 Å². The van der Waals surface area contributed by atoms with Crippen LogP contribution in [0, 0.1) is 6.92 Å². The number of aliphatic hydroxyl groups is 1. The molecule has 2 heterocycles. The second-order valence-electron chi connectivity index (χ2n) is 4.89. The number of aliphatic hydroxyl groups excluding tert-OH is 1. The molecule has 19 heavy (non-hydrogen) atoms. The lowest BCUT2D eigenvalue weighted by Crippen LogP contribution is -2.21. The zero-order valence-electron chi connectivity index (χ0n) is 11.1. The summed E-state index contributed by atoms with van der Waals surface area (Å²) in [6.07, 6.45) is 2.82. The Morgan fingerprint density at radius 3 is 2.79 bits per heavy atom. The first kappa shape index (κ1) is 11.9. The zero-order valence-corrected chi connectivity index (χ0v) is 11.1. The van der Waals surface area contributed by atoms with Crippen molar-refractivity contribution in [1.29, 1.82) is 0 Å². The molecule has 0 saturated carbocycles. The molecule has 0 saturated heterocycles. The van der Waals surface area contributed by atoms with Gasteiger partial charge in [-0.05, 0) is 25.5 Å². The van der Waals surface area contributed by atoms with Crippen LogP contribution in [0.25, 0.3) is 16.7 Å². The maximum atomic E-state index is 12.4. The lowest BCUT2D eigenvalue weighted by molar-refractivity contribution is 0.200. The molecular weight excluding hydrogens is 242 g/mol. The van der Waals surface area contributed by atoms with E-state index in [1.807, 2.05) is 23.5 Å². The molecule has 0 fully saturated rings. The Morgan fingerprint density at radius 2 is 2.11 bits per heavy atom. The summed E-state index contributed by atoms with van der Waals surface area (Å²) < 4.78 is 3.37. The van der Waals surface area contributed by atoms with Crippen molar-refractivity contribution in [2.24, 2.45) is 7.05 Å². The van der Waals surface area contributed by atoms with Crippen LogP contribution in [0.15, 0.2) is 29.3 Å². The molecule has 0 aliphatic carbocycles. The van der Waals surface area contributed by atoms with Gasteiger partial charge in [0.2, 0.25) is 5.78 Å². The molecule has 1 N–H and O–H groups in total. The molecule has 3 rings (SSSR count). The van der Waals surface area contributed by atoms with Gasteiger partial charge in [0.1, 0.15) is 0 Å². The Bertz CT molecular complexity index is 843. The molecule has 98 valence electrons. The molecule has 0 aliphatic rings. The average Bonchev–Trinajstić information content (AvgIpc) is 2.84. The van der Waals surface area contributed by atoms with Crippen LogP contribution in [0.4, 0.5) is 0 Å². The highest BCUT2D eigenvalue weighted by Crippen LogP contribution is 2.24. The van der Waals surface area contributed by atoms with Crippen LogP contribution in [0.2, 0.25) is 0 Å². The summed E-state index contributed by atoms with van der Waals surface area (Å²) >= 11 is 0. The zero-order chi connectivity index (χ0) is 13.7. The molecule has 0 radical (unpaired) electrons. The van der Waals surface area contributed by atoms with E-state index in [2.05, 4.69) is 4.98 Å². The quantitative estimate of drug-likeness (QED) is 0.719. The number of aromatic nitrogens is 3. The van der Waals surface area contributed by atoms with Crippen LogP contribution in [0.1, 0.15) is 24.2 Å². The molecule has 1 unspecified atom stereocenters. The highest BCUT2D eigenvalue weighted by Gasteiger charge is 2.15. The fourth-order valence-corrected chi connectivity index (χ4v) is 2.55. The molecule has 1 aromatic carbocycles. The van der Waals surface area contributed by atoms with Gasteiger partial charge in [0.05, 0.1) is 17.0 Å². The van der Waals surface area contributed by atoms with Crippen molar-refractivity contribution >= 4 is 16.7 Å². The Kier molecular flexibility index (Phi) is 2.46. The molecule has 5 heteroatoms. The summed E-state index contributed by atoms with van der Waals surface area (Å²) in [5, 5.41) is 10.6. The van der Waals surface area contributed by atoms with E-state index in [0.29, 0.717) is 11.2 Å². The summed E-state index contributed by atoms with van der Waals surface area (Å²) in [7, 11) is 1.70. The second kappa shape index (κ2) is 3.93. The Balaban J connectivity index is 2.68. The molecule has 3 aromatic rings. The largest absolute Gasteiger partial charge is 0.389 e. The number of nitrogens with zero attached hydrogens (tertiary/aromatic N) is 3. The topological polar surface area (TPSA) is 59.5 Å². The van der Waals surface area contributed by atoms with Crippen LogP contribution in [0.5, 0.6) is 0 Å². The number of imidazole rings is 1. The summed E-state index contributed by atoms with van der Waals surface area (Å²) in [5.74, 6) is 0.572. The van der Waals surface area contributed by atoms with E-state index in [9.17, 15) is 9.90 Å². The fourth-order valence-electron chi connectivity index (χ4n) is 2.55. The van der Waals surface area contributed by atoms with E-state index < -0.39 is 6.10 Å². The second-order valence-corrected chi connectivity index (χ2v) is 4.89. The third-order valence-corrected chi connectivity index (χ3v) is 3.43. The average molecular weight is 257 g/mol. The van der Waals surface area contributed by atoms with Crippen molar-refractivity contribution in [2.45, 2.75) is 20.0 Å². The van der Waals surface area contributed by atoms with E-state index in [1.54, 1.807) is 26.4 Å². The van der Waals surface area contributed by atoms with Gasteiger partial charge in [-0.3, -0.25) is 13.8 Å². The molecule has 2 aromatic heterocycles. The maximum Gasteiger partial charge on any atom is 0.262 e. The number of fused-ring (bicyclic) bond motifs is 3. The molecule has 0 bridgehead atoms. The van der Waals surface area contributed by atoms with Crippen LogP contribution in [-0.4, -0.2) is 19.1 Å². The van der Waals surface area contributed by atoms with Crippen LogP contribution >= 0.6 is 0 Å². The monoisotopic (exact) mass is 257 g/mol. The van der Waals surface area contributed by atoms with Crippen molar-refractivity contribution in [2.75, 3.05) is 0 Å². The van der Waals surface area contributed by atoms with Gasteiger partial charge in [0.25, 0.3) is 5.56 Å². The molecule has 0 aliphatic heterocycles. The van der Waals surface area contributed by atoms with E-state index in [4.69, 9.17) is 0 Å². The van der Waals surface area contributed by atoms with Gasteiger partial charge in [-0.2, -0.15) is 0 Å². The van der Waals surface area contributed by atoms with Crippen molar-refractivity contribution in [3.63, 3.8) is 0 Å². The Hall–Kier alpha value is -2.14. The summed E-state index contributed by atoms with van der Waals surface area (Å²) in [4.78, 5) is 16.6. The summed E-state index contributed by atoms with van der Waals surface area (Å²) in [6.45, 7) is 3.62. The highest BCUT2D eigenvalue weighted by molar-refractivity contribution is 5.84. The van der Waals surface area contributed by atoms with E-state index >= 15 is 0 Å². The fraction of sp³-hybridized carbons (Fsp3) is 0.286. The third-order valence-electron chi connectivity index (χ3n) is 3.43. The number of hydrogen-bond acceptors (Lipinski definition) is 3. The van der Waals surface area contributed by atoms with Gasteiger partial charge in [-0.15, -0.1) is 0 Å². The maximum absolute atomic E-state index is 12.4. The predicted octanol–water partition coefficient (Wildman–Crippen LogP) is 1.55. The Morgan fingerprint density at radius 1 is 1.37 bits per heavy atom. The lowest BCUT2D eigenvalue weighted by Gasteiger charge is -2.14. The minimum atomic E-state index is -0.639. The van der Waals surface area contributed by atoms with Gasteiger partial charge in [0.15, 0.2) is 0 Å². The molecule has 0 amide bonds. The van der Waals surface area contributed by atoms with E-state index in [-0.39, 0.29) is 5.56 Å². The van der Waals surface area contributed by atoms with Crippen LogP contribution in [0.3, 0.4) is 0 Å². The minimum Gasteiger partial charge on any atom is -0.389 e. The minimum absolute atomic E-state index is 0.0979. The predicted molar refractivity (Wildman–Crippen MR) is 73.3 cm³/mol. The third kappa shape index (κ3) is 1.58. The first-order valence-electron chi connectivity index (χ1n) is 6.15. The number of benzene rings is 1.